The van der Waals surface area contributed by atoms with E-state index >= 15 is 0 Å². The van der Waals surface area contributed by atoms with Gasteiger partial charge in [-0.15, -0.1) is 0 Å². The highest BCUT2D eigenvalue weighted by molar-refractivity contribution is 5.79. The smallest absolute Gasteiger partial charge is 0.323 e. The Morgan fingerprint density at radius 1 is 1.33 bits per heavy atom. The summed E-state index contributed by atoms with van der Waals surface area (Å²) in [6.45, 7) is 3.26. The molecule has 104 valence electrons. The van der Waals surface area contributed by atoms with Crippen molar-refractivity contribution in [1.29, 1.82) is 0 Å². The highest BCUT2D eigenvalue weighted by Gasteiger charge is 2.46. The molecule has 2 unspecified atom stereocenters. The Balaban J connectivity index is 2.03. The Morgan fingerprint density at radius 2 is 2.00 bits per heavy atom. The van der Waals surface area contributed by atoms with Crippen LogP contribution in [0, 0.1) is 0 Å². The van der Waals surface area contributed by atoms with E-state index in [9.17, 15) is 9.90 Å². The van der Waals surface area contributed by atoms with Crippen LogP contribution in [0.3, 0.4) is 0 Å². The van der Waals surface area contributed by atoms with Crippen LogP contribution in [0.25, 0.3) is 0 Å². The minimum absolute atomic E-state index is 0.446. The summed E-state index contributed by atoms with van der Waals surface area (Å²) in [5, 5.41) is 12.5. The van der Waals surface area contributed by atoms with Gasteiger partial charge in [0.1, 0.15) is 5.54 Å². The van der Waals surface area contributed by atoms with Crippen LogP contribution >= 0.6 is 0 Å². The summed E-state index contributed by atoms with van der Waals surface area (Å²) in [7, 11) is 1.78. The highest BCUT2D eigenvalue weighted by Crippen LogP contribution is 2.36. The third-order valence-corrected chi connectivity index (χ3v) is 5.00. The molecular formula is C14H26N2O2. The van der Waals surface area contributed by atoms with Gasteiger partial charge in [0, 0.05) is 12.1 Å². The van der Waals surface area contributed by atoms with Crippen LogP contribution in [-0.4, -0.2) is 47.2 Å². The number of carboxylic acid groups (broad SMARTS) is 1. The molecule has 0 saturated heterocycles. The molecule has 0 aromatic carbocycles. The number of aliphatic carboxylic acids is 1. The molecule has 2 aliphatic rings. The van der Waals surface area contributed by atoms with Crippen molar-refractivity contribution in [2.75, 3.05) is 13.6 Å². The number of likely N-dealkylation sites (N-methyl/N-ethyl adjacent to an activating group) is 1. The normalized spacial score (nSPS) is 33.4. The Hall–Kier alpha value is -0.610. The largest absolute Gasteiger partial charge is 0.480 e. The van der Waals surface area contributed by atoms with Gasteiger partial charge in [-0.1, -0.05) is 19.8 Å². The summed E-state index contributed by atoms with van der Waals surface area (Å²) in [6, 6.07) is 1.14. The van der Waals surface area contributed by atoms with E-state index in [1.54, 1.807) is 7.05 Å². The van der Waals surface area contributed by atoms with Crippen molar-refractivity contribution in [2.24, 2.45) is 0 Å². The second-order valence-corrected chi connectivity index (χ2v) is 5.80. The fourth-order valence-corrected chi connectivity index (χ4v) is 3.88. The SMILES string of the molecule is CCN(C1CCCC1)C1CCC(NC)(C(=O)O)C1. The first kappa shape index (κ1) is 13.8. The van der Waals surface area contributed by atoms with E-state index in [1.807, 2.05) is 0 Å². The number of carbonyl (C=O) groups is 1. The predicted octanol–water partition coefficient (Wildman–Crippen LogP) is 1.85. The van der Waals surface area contributed by atoms with E-state index in [0.29, 0.717) is 12.1 Å². The number of nitrogens with zero attached hydrogens (tertiary/aromatic N) is 1. The molecule has 2 N–H and O–H groups in total. The van der Waals surface area contributed by atoms with Crippen molar-refractivity contribution in [3.8, 4) is 0 Å². The molecule has 0 bridgehead atoms. The monoisotopic (exact) mass is 254 g/mol. The molecule has 0 amide bonds. The van der Waals surface area contributed by atoms with Crippen molar-refractivity contribution in [1.82, 2.24) is 10.2 Å². The zero-order valence-electron chi connectivity index (χ0n) is 11.6. The molecule has 0 aromatic heterocycles. The predicted molar refractivity (Wildman–Crippen MR) is 71.7 cm³/mol. The Labute approximate surface area is 110 Å². The van der Waals surface area contributed by atoms with Crippen LogP contribution in [-0.2, 0) is 4.79 Å². The molecule has 0 spiro atoms. The van der Waals surface area contributed by atoms with Crippen LogP contribution in [0.4, 0.5) is 0 Å². The van der Waals surface area contributed by atoms with Gasteiger partial charge in [-0.2, -0.15) is 0 Å². The first-order chi connectivity index (χ1) is 8.63. The maximum atomic E-state index is 11.5. The molecule has 0 heterocycles. The second-order valence-electron chi connectivity index (χ2n) is 5.80. The first-order valence-corrected chi connectivity index (χ1v) is 7.31. The lowest BCUT2D eigenvalue weighted by Gasteiger charge is -2.34. The van der Waals surface area contributed by atoms with E-state index in [0.717, 1.165) is 25.8 Å². The number of nitrogens with one attached hydrogen (secondary N) is 1. The average molecular weight is 254 g/mol. The molecule has 0 radical (unpaired) electrons. The van der Waals surface area contributed by atoms with Crippen molar-refractivity contribution < 1.29 is 9.90 Å². The molecule has 4 nitrogen and oxygen atoms in total. The lowest BCUT2D eigenvalue weighted by Crippen LogP contribution is -2.50. The van der Waals surface area contributed by atoms with Crippen LogP contribution in [0.15, 0.2) is 0 Å². The van der Waals surface area contributed by atoms with Crippen LogP contribution in [0.2, 0.25) is 0 Å². The summed E-state index contributed by atoms with van der Waals surface area (Å²) in [5.74, 6) is -0.685. The average Bonchev–Trinajstić information content (AvgIpc) is 3.00. The van der Waals surface area contributed by atoms with Gasteiger partial charge in [0.15, 0.2) is 0 Å². The van der Waals surface area contributed by atoms with Gasteiger partial charge in [-0.25, -0.2) is 0 Å². The van der Waals surface area contributed by atoms with Crippen molar-refractivity contribution in [2.45, 2.75) is 69.5 Å². The summed E-state index contributed by atoms with van der Waals surface area (Å²) in [6.07, 6.45) is 7.79. The van der Waals surface area contributed by atoms with Gasteiger partial charge in [0.2, 0.25) is 0 Å². The minimum atomic E-state index is -0.685. The van der Waals surface area contributed by atoms with Gasteiger partial charge in [-0.3, -0.25) is 9.69 Å². The number of hydrogen-bond donors (Lipinski definition) is 2. The highest BCUT2D eigenvalue weighted by atomic mass is 16.4. The molecule has 2 rings (SSSR count). The van der Waals surface area contributed by atoms with Gasteiger partial charge in [0.25, 0.3) is 0 Å². The van der Waals surface area contributed by atoms with Crippen LogP contribution in [0.1, 0.15) is 51.9 Å². The van der Waals surface area contributed by atoms with E-state index in [1.165, 1.54) is 25.7 Å². The summed E-state index contributed by atoms with van der Waals surface area (Å²) >= 11 is 0. The Bertz CT molecular complexity index is 302. The molecular weight excluding hydrogens is 228 g/mol. The maximum absolute atomic E-state index is 11.5. The zero-order chi connectivity index (χ0) is 13.2. The quantitative estimate of drug-likeness (QED) is 0.786. The van der Waals surface area contributed by atoms with Crippen LogP contribution < -0.4 is 5.32 Å². The Kier molecular flexibility index (Phi) is 4.28. The molecule has 0 aliphatic heterocycles. The van der Waals surface area contributed by atoms with E-state index in [2.05, 4.69) is 17.1 Å². The van der Waals surface area contributed by atoms with Crippen LogP contribution in [0.5, 0.6) is 0 Å². The Morgan fingerprint density at radius 3 is 2.44 bits per heavy atom. The number of carboxylic acids is 1. The van der Waals surface area contributed by atoms with E-state index in [4.69, 9.17) is 0 Å². The summed E-state index contributed by atoms with van der Waals surface area (Å²) in [4.78, 5) is 14.0. The van der Waals surface area contributed by atoms with Crippen molar-refractivity contribution in [3.05, 3.63) is 0 Å². The first-order valence-electron chi connectivity index (χ1n) is 7.31. The molecule has 2 saturated carbocycles. The third-order valence-electron chi connectivity index (χ3n) is 5.00. The molecule has 18 heavy (non-hydrogen) atoms. The zero-order valence-corrected chi connectivity index (χ0v) is 11.6. The molecule has 2 aliphatic carbocycles. The maximum Gasteiger partial charge on any atom is 0.323 e. The lowest BCUT2D eigenvalue weighted by molar-refractivity contribution is -0.144. The molecule has 2 fully saturated rings. The fraction of sp³-hybridized carbons (Fsp3) is 0.929. The standard InChI is InChI=1S/C14H26N2O2/c1-3-16(11-6-4-5-7-11)12-8-9-14(10-12,15-2)13(17)18/h11-12,15H,3-10H2,1-2H3,(H,17,18). The van der Waals surface area contributed by atoms with Gasteiger partial charge in [-0.05, 0) is 45.7 Å². The second kappa shape index (κ2) is 5.57. The lowest BCUT2D eigenvalue weighted by atomic mass is 9.97. The number of rotatable bonds is 5. The van der Waals surface area contributed by atoms with Crippen molar-refractivity contribution >= 4 is 5.97 Å². The van der Waals surface area contributed by atoms with Gasteiger partial charge in [0.05, 0.1) is 0 Å². The van der Waals surface area contributed by atoms with E-state index < -0.39 is 11.5 Å². The summed E-state index contributed by atoms with van der Waals surface area (Å²) < 4.78 is 0. The number of hydrogen-bond acceptors (Lipinski definition) is 3. The molecule has 0 aromatic rings. The molecule has 2 atom stereocenters. The minimum Gasteiger partial charge on any atom is -0.480 e. The van der Waals surface area contributed by atoms with Gasteiger partial charge < -0.3 is 10.4 Å². The van der Waals surface area contributed by atoms with Gasteiger partial charge >= 0.3 is 5.97 Å². The van der Waals surface area contributed by atoms with Crippen molar-refractivity contribution in [3.63, 3.8) is 0 Å². The summed E-state index contributed by atoms with van der Waals surface area (Å²) in [5.41, 5.74) is -0.684. The fourth-order valence-electron chi connectivity index (χ4n) is 3.88. The topological polar surface area (TPSA) is 52.6 Å². The van der Waals surface area contributed by atoms with E-state index in [-0.39, 0.29) is 0 Å². The third kappa shape index (κ3) is 2.41. The molecule has 4 heteroatoms.